The largest absolute Gasteiger partial charge is 0.496 e. The van der Waals surface area contributed by atoms with Gasteiger partial charge in [0.05, 0.1) is 30.4 Å². The Bertz CT molecular complexity index is 1420. The second-order valence-electron chi connectivity index (χ2n) is 11.7. The lowest BCUT2D eigenvalue weighted by Crippen LogP contribution is -2.39. The molecule has 2 unspecified atom stereocenters. The average molecular weight is 543 g/mol. The van der Waals surface area contributed by atoms with Gasteiger partial charge in [-0.05, 0) is 24.7 Å². The van der Waals surface area contributed by atoms with Crippen LogP contribution in [0.1, 0.15) is 70.0 Å². The fraction of sp³-hybridized carbons (Fsp3) is 0.538. The number of rotatable bonds is 4. The van der Waals surface area contributed by atoms with Gasteiger partial charge in [0.2, 0.25) is 0 Å². The lowest BCUT2D eigenvalue weighted by atomic mass is 9.69. The molecule has 0 bridgehead atoms. The molecule has 0 spiro atoms. The molecule has 4 heterocycles. The van der Waals surface area contributed by atoms with E-state index in [1.807, 2.05) is 13.8 Å². The smallest absolute Gasteiger partial charge is 0.424 e. The molecule has 4 rings (SSSR count). The van der Waals surface area contributed by atoms with Crippen LogP contribution in [0.5, 0.6) is 11.8 Å². The molecule has 0 fully saturated rings. The monoisotopic (exact) mass is 542 g/mol. The molecule has 2 amide bonds. The van der Waals surface area contributed by atoms with Gasteiger partial charge in [0.25, 0.3) is 0 Å². The van der Waals surface area contributed by atoms with Crippen LogP contribution in [0.3, 0.4) is 0 Å². The van der Waals surface area contributed by atoms with Gasteiger partial charge in [0, 0.05) is 28.5 Å². The number of imide groups is 1. The number of amides is 2. The molecule has 3 aromatic rings. The third-order valence-electron chi connectivity index (χ3n) is 6.63. The van der Waals surface area contributed by atoms with Crippen molar-refractivity contribution in [1.29, 1.82) is 0 Å². The molecule has 3 aromatic heterocycles. The second-order valence-corrected chi connectivity index (χ2v) is 12.8. The van der Waals surface area contributed by atoms with E-state index >= 15 is 0 Å². The number of ether oxygens (including phenoxy) is 2. The zero-order valence-electron chi connectivity index (χ0n) is 23.2. The van der Waals surface area contributed by atoms with Crippen LogP contribution in [0.2, 0.25) is 0 Å². The summed E-state index contributed by atoms with van der Waals surface area (Å²) in [6.45, 7) is 17.4. The maximum atomic E-state index is 12.1. The summed E-state index contributed by atoms with van der Waals surface area (Å²) in [4.78, 5) is 36.6. The molecule has 0 saturated carbocycles. The third-order valence-corrected chi connectivity index (χ3v) is 8.38. The number of hydrogen-bond donors (Lipinski definition) is 2. The minimum atomic E-state index is -1.53. The summed E-state index contributed by atoms with van der Waals surface area (Å²) in [7, 11) is 1.63. The zero-order valence-corrected chi connectivity index (χ0v) is 24.0. The molecule has 0 radical (unpaired) electrons. The van der Waals surface area contributed by atoms with E-state index in [1.54, 1.807) is 35.1 Å². The van der Waals surface area contributed by atoms with Gasteiger partial charge in [0.15, 0.2) is 5.65 Å². The van der Waals surface area contributed by atoms with Gasteiger partial charge in [-0.2, -0.15) is 15.1 Å². The number of carbonyl (C=O) groups excluding carboxylic acids is 1. The second kappa shape index (κ2) is 9.72. The van der Waals surface area contributed by atoms with Crippen molar-refractivity contribution in [3.63, 3.8) is 0 Å². The fourth-order valence-corrected chi connectivity index (χ4v) is 6.66. The van der Waals surface area contributed by atoms with Gasteiger partial charge in [-0.25, -0.2) is 19.6 Å². The van der Waals surface area contributed by atoms with Crippen LogP contribution < -0.4 is 14.8 Å². The molecule has 12 heteroatoms. The van der Waals surface area contributed by atoms with Crippen molar-refractivity contribution < 1.29 is 24.2 Å². The van der Waals surface area contributed by atoms with Crippen molar-refractivity contribution in [3.05, 3.63) is 28.7 Å². The van der Waals surface area contributed by atoms with E-state index in [4.69, 9.17) is 19.7 Å². The topological polar surface area (TPSA) is 141 Å². The summed E-state index contributed by atoms with van der Waals surface area (Å²) in [6, 6.07) is -0.250. The molecule has 1 aliphatic heterocycles. The number of aromatic nitrogens is 5. The quantitative estimate of drug-likeness (QED) is 0.416. The van der Waals surface area contributed by atoms with Crippen LogP contribution in [-0.2, 0) is 6.54 Å². The number of hydrogen-bond acceptors (Lipinski definition) is 9. The first-order chi connectivity index (χ1) is 17.6. The molecule has 1 aliphatic rings. The van der Waals surface area contributed by atoms with Crippen molar-refractivity contribution in [3.8, 4) is 11.8 Å². The normalized spacial score (nSPS) is 17.4. The van der Waals surface area contributed by atoms with Crippen LogP contribution in [-0.4, -0.2) is 54.4 Å². The predicted molar refractivity (Wildman–Crippen MR) is 143 cm³/mol. The Kier molecular flexibility index (Phi) is 7.06. The lowest BCUT2D eigenvalue weighted by Gasteiger charge is -2.44. The number of carboxylic acid groups (broad SMARTS) is 1. The highest BCUT2D eigenvalue weighted by Gasteiger charge is 2.47. The number of carbonyl (C=O) groups is 2. The van der Waals surface area contributed by atoms with Crippen LogP contribution in [0.25, 0.3) is 11.0 Å². The number of aryl methyl sites for hydroxylation is 1. The molecule has 2 atom stereocenters. The minimum Gasteiger partial charge on any atom is -0.496 e. The van der Waals surface area contributed by atoms with Crippen molar-refractivity contribution in [2.45, 2.75) is 78.1 Å². The van der Waals surface area contributed by atoms with E-state index < -0.39 is 12.2 Å². The standard InChI is InChI=1S/C26H34N6O5S/c1-12-10-27-14(13(2)18(12)36-9)11-32-20-15-17(31-32)16(25(3,4)5)19(26(6,7)8)38-21(15)29-22(28-20)37-24(35)30-23(33)34/h10,16,19H,11H2,1-9H3,(H,30,35)(H,33,34). The highest BCUT2D eigenvalue weighted by Crippen LogP contribution is 2.56. The van der Waals surface area contributed by atoms with E-state index in [0.717, 1.165) is 33.7 Å². The first-order valence-corrected chi connectivity index (χ1v) is 13.2. The number of thioether (sulfide) groups is 1. The van der Waals surface area contributed by atoms with Gasteiger partial charge < -0.3 is 14.6 Å². The van der Waals surface area contributed by atoms with E-state index in [1.165, 1.54) is 0 Å². The summed E-state index contributed by atoms with van der Waals surface area (Å²) in [6.07, 6.45) is -0.952. The Labute approximate surface area is 225 Å². The first-order valence-electron chi connectivity index (χ1n) is 12.3. The Morgan fingerprint density at radius 2 is 1.82 bits per heavy atom. The van der Waals surface area contributed by atoms with Gasteiger partial charge in [-0.15, -0.1) is 11.8 Å². The Morgan fingerprint density at radius 1 is 1.13 bits per heavy atom. The van der Waals surface area contributed by atoms with Gasteiger partial charge in [-0.1, -0.05) is 41.5 Å². The van der Waals surface area contributed by atoms with Crippen LogP contribution in [0.4, 0.5) is 9.59 Å². The SMILES string of the molecule is COc1c(C)cnc(Cn2nc3c4c(nc(OC(=O)NC(=O)O)nc42)SC(C(C)(C)C)C3C(C)(C)C)c1C. The van der Waals surface area contributed by atoms with E-state index in [0.29, 0.717) is 17.2 Å². The summed E-state index contributed by atoms with van der Waals surface area (Å²) in [5, 5.41) is 17.2. The van der Waals surface area contributed by atoms with Gasteiger partial charge in [-0.3, -0.25) is 4.98 Å². The number of nitrogens with one attached hydrogen (secondary N) is 1. The molecule has 0 aliphatic carbocycles. The van der Waals surface area contributed by atoms with Crippen molar-refractivity contribution in [2.75, 3.05) is 7.11 Å². The predicted octanol–water partition coefficient (Wildman–Crippen LogP) is 5.31. The number of pyridine rings is 1. The molecule has 11 nitrogen and oxygen atoms in total. The first kappa shape index (κ1) is 27.6. The number of methoxy groups -OCH3 is 1. The fourth-order valence-electron chi connectivity index (χ4n) is 4.95. The summed E-state index contributed by atoms with van der Waals surface area (Å²) >= 11 is 1.61. The highest BCUT2D eigenvalue weighted by molar-refractivity contribution is 8.00. The zero-order chi connectivity index (χ0) is 28.2. The number of nitrogens with zero attached hydrogens (tertiary/aromatic N) is 5. The van der Waals surface area contributed by atoms with E-state index in [9.17, 15) is 9.59 Å². The Hall–Kier alpha value is -3.41. The van der Waals surface area contributed by atoms with Crippen molar-refractivity contribution >= 4 is 35.0 Å². The van der Waals surface area contributed by atoms with Crippen molar-refractivity contribution in [2.24, 2.45) is 10.8 Å². The van der Waals surface area contributed by atoms with Crippen molar-refractivity contribution in [1.82, 2.24) is 30.0 Å². The third kappa shape index (κ3) is 5.13. The summed E-state index contributed by atoms with van der Waals surface area (Å²) in [5.74, 6) is 0.840. The Morgan fingerprint density at radius 3 is 2.39 bits per heavy atom. The minimum absolute atomic E-state index is 0.0797. The van der Waals surface area contributed by atoms with Gasteiger partial charge in [0.1, 0.15) is 10.8 Å². The Balaban J connectivity index is 1.93. The molecule has 204 valence electrons. The average Bonchev–Trinajstić information content (AvgIpc) is 3.12. The summed E-state index contributed by atoms with van der Waals surface area (Å²) in [5.41, 5.74) is 3.74. The van der Waals surface area contributed by atoms with Crippen LogP contribution in [0.15, 0.2) is 11.2 Å². The van der Waals surface area contributed by atoms with Crippen LogP contribution in [0, 0.1) is 24.7 Å². The summed E-state index contributed by atoms with van der Waals surface area (Å²) < 4.78 is 12.5. The highest BCUT2D eigenvalue weighted by atomic mass is 32.2. The molecule has 38 heavy (non-hydrogen) atoms. The maximum absolute atomic E-state index is 12.1. The molecular weight excluding hydrogens is 508 g/mol. The molecule has 0 aromatic carbocycles. The van der Waals surface area contributed by atoms with E-state index in [2.05, 4.69) is 56.5 Å². The molecule has 0 saturated heterocycles. The van der Waals surface area contributed by atoms with Gasteiger partial charge >= 0.3 is 18.2 Å². The van der Waals surface area contributed by atoms with Crippen LogP contribution >= 0.6 is 11.8 Å². The maximum Gasteiger partial charge on any atom is 0.424 e. The van der Waals surface area contributed by atoms with E-state index in [-0.39, 0.29) is 28.0 Å². The lowest BCUT2D eigenvalue weighted by molar-refractivity contribution is 0.175. The molecular formula is C26H34N6O5S. The molecule has 2 N–H and O–H groups in total.